The van der Waals surface area contributed by atoms with Crippen LogP contribution < -0.4 is 15.2 Å². The minimum atomic E-state index is -0.134. The van der Waals surface area contributed by atoms with Gasteiger partial charge in [0.05, 0.1) is 12.6 Å². The van der Waals surface area contributed by atoms with Crippen molar-refractivity contribution in [1.29, 1.82) is 0 Å². The van der Waals surface area contributed by atoms with E-state index in [-0.39, 0.29) is 6.04 Å². The highest BCUT2D eigenvalue weighted by atomic mass is 16.6. The average molecular weight is 279 g/mol. The molecule has 4 nitrogen and oxygen atoms in total. The van der Waals surface area contributed by atoms with E-state index in [4.69, 9.17) is 19.9 Å². The molecule has 1 aromatic rings. The first-order chi connectivity index (χ1) is 9.46. The lowest BCUT2D eigenvalue weighted by atomic mass is 9.93. The third kappa shape index (κ3) is 4.39. The Morgan fingerprint density at radius 3 is 2.60 bits per heavy atom. The first-order valence-electron chi connectivity index (χ1n) is 7.18. The molecular weight excluding hydrogens is 254 g/mol. The quantitative estimate of drug-likeness (QED) is 0.842. The van der Waals surface area contributed by atoms with E-state index in [1.54, 1.807) is 0 Å². The second-order valence-corrected chi connectivity index (χ2v) is 6.40. The molecule has 2 N–H and O–H groups in total. The van der Waals surface area contributed by atoms with Crippen LogP contribution in [0.15, 0.2) is 18.2 Å². The van der Waals surface area contributed by atoms with Crippen molar-refractivity contribution in [3.8, 4) is 11.5 Å². The number of ether oxygens (including phenoxy) is 3. The summed E-state index contributed by atoms with van der Waals surface area (Å²) in [5, 5.41) is 0. The molecule has 1 unspecified atom stereocenters. The summed E-state index contributed by atoms with van der Waals surface area (Å²) in [6.07, 6.45) is 1.03. The van der Waals surface area contributed by atoms with Crippen LogP contribution in [0.2, 0.25) is 0 Å². The fourth-order valence-corrected chi connectivity index (χ4v) is 1.98. The van der Waals surface area contributed by atoms with Crippen molar-refractivity contribution in [3.63, 3.8) is 0 Å². The summed E-state index contributed by atoms with van der Waals surface area (Å²) in [5.74, 6) is 1.57. The van der Waals surface area contributed by atoms with Crippen molar-refractivity contribution >= 4 is 0 Å². The van der Waals surface area contributed by atoms with Crippen LogP contribution in [-0.2, 0) is 4.74 Å². The van der Waals surface area contributed by atoms with Crippen molar-refractivity contribution in [3.05, 3.63) is 23.8 Å². The molecule has 0 radical (unpaired) electrons. The molecule has 112 valence electrons. The summed E-state index contributed by atoms with van der Waals surface area (Å²) < 4.78 is 16.7. The molecule has 20 heavy (non-hydrogen) atoms. The SMILES string of the molecule is CC(C)(C)CCOCC(N)c1ccc2c(c1)OCCO2. The predicted molar refractivity (Wildman–Crippen MR) is 79.3 cm³/mol. The molecule has 0 bridgehead atoms. The molecule has 1 aliphatic rings. The Morgan fingerprint density at radius 2 is 1.90 bits per heavy atom. The average Bonchev–Trinajstić information content (AvgIpc) is 2.42. The summed E-state index contributed by atoms with van der Waals surface area (Å²) in [6.45, 7) is 9.07. The van der Waals surface area contributed by atoms with E-state index in [0.29, 0.717) is 25.2 Å². The zero-order chi connectivity index (χ0) is 14.6. The maximum Gasteiger partial charge on any atom is 0.161 e. The van der Waals surface area contributed by atoms with Crippen molar-refractivity contribution in [2.75, 3.05) is 26.4 Å². The van der Waals surface area contributed by atoms with Crippen molar-refractivity contribution in [2.24, 2.45) is 11.1 Å². The van der Waals surface area contributed by atoms with Crippen LogP contribution in [0, 0.1) is 5.41 Å². The largest absolute Gasteiger partial charge is 0.486 e. The number of hydrogen-bond acceptors (Lipinski definition) is 4. The summed E-state index contributed by atoms with van der Waals surface area (Å²) in [5.41, 5.74) is 7.47. The van der Waals surface area contributed by atoms with E-state index in [1.807, 2.05) is 18.2 Å². The van der Waals surface area contributed by atoms with E-state index in [2.05, 4.69) is 20.8 Å². The summed E-state index contributed by atoms with van der Waals surface area (Å²) in [6, 6.07) is 5.71. The van der Waals surface area contributed by atoms with E-state index >= 15 is 0 Å². The lowest BCUT2D eigenvalue weighted by Gasteiger charge is -2.21. The lowest BCUT2D eigenvalue weighted by Crippen LogP contribution is -2.20. The van der Waals surface area contributed by atoms with Crippen LogP contribution in [0.5, 0.6) is 11.5 Å². The molecule has 1 aromatic carbocycles. The van der Waals surface area contributed by atoms with Gasteiger partial charge in [-0.1, -0.05) is 26.8 Å². The summed E-state index contributed by atoms with van der Waals surface area (Å²) in [4.78, 5) is 0. The number of benzene rings is 1. The van der Waals surface area contributed by atoms with Gasteiger partial charge in [-0.15, -0.1) is 0 Å². The molecule has 1 atom stereocenters. The van der Waals surface area contributed by atoms with E-state index in [9.17, 15) is 0 Å². The molecule has 0 amide bonds. The Hall–Kier alpha value is -1.26. The maximum atomic E-state index is 6.16. The van der Waals surface area contributed by atoms with E-state index < -0.39 is 0 Å². The standard InChI is InChI=1S/C16H25NO3/c1-16(2,3)6-7-18-11-13(17)12-4-5-14-15(10-12)20-9-8-19-14/h4-5,10,13H,6-9,11,17H2,1-3H3. The van der Waals surface area contributed by atoms with Crippen LogP contribution in [0.25, 0.3) is 0 Å². The highest BCUT2D eigenvalue weighted by Crippen LogP contribution is 2.32. The van der Waals surface area contributed by atoms with Gasteiger partial charge in [-0.2, -0.15) is 0 Å². The van der Waals surface area contributed by atoms with Crippen molar-refractivity contribution < 1.29 is 14.2 Å². The van der Waals surface area contributed by atoms with Gasteiger partial charge in [-0.05, 0) is 29.5 Å². The Balaban J connectivity index is 1.84. The molecule has 0 aromatic heterocycles. The van der Waals surface area contributed by atoms with E-state index in [0.717, 1.165) is 30.1 Å². The van der Waals surface area contributed by atoms with Gasteiger partial charge < -0.3 is 19.9 Å². The normalized spacial score (nSPS) is 16.0. The Bertz CT molecular complexity index is 440. The lowest BCUT2D eigenvalue weighted by molar-refractivity contribution is 0.0973. The van der Waals surface area contributed by atoms with Gasteiger partial charge in [0.15, 0.2) is 11.5 Å². The summed E-state index contributed by atoms with van der Waals surface area (Å²) >= 11 is 0. The third-order valence-corrected chi connectivity index (χ3v) is 3.29. The monoisotopic (exact) mass is 279 g/mol. The van der Waals surface area contributed by atoms with Gasteiger partial charge in [0, 0.05) is 6.61 Å². The zero-order valence-corrected chi connectivity index (χ0v) is 12.6. The summed E-state index contributed by atoms with van der Waals surface area (Å²) in [7, 11) is 0. The molecule has 2 rings (SSSR count). The fraction of sp³-hybridized carbons (Fsp3) is 0.625. The fourth-order valence-electron chi connectivity index (χ4n) is 1.98. The van der Waals surface area contributed by atoms with E-state index in [1.165, 1.54) is 0 Å². The molecule has 0 saturated heterocycles. The van der Waals surface area contributed by atoms with Crippen LogP contribution in [0.3, 0.4) is 0 Å². The second-order valence-electron chi connectivity index (χ2n) is 6.40. The zero-order valence-electron chi connectivity index (χ0n) is 12.6. The smallest absolute Gasteiger partial charge is 0.161 e. The Labute approximate surface area is 121 Å². The van der Waals surface area contributed by atoms with Gasteiger partial charge >= 0.3 is 0 Å². The molecule has 0 fully saturated rings. The minimum absolute atomic E-state index is 0.134. The van der Waals surface area contributed by atoms with Gasteiger partial charge in [0.2, 0.25) is 0 Å². The van der Waals surface area contributed by atoms with Gasteiger partial charge in [-0.3, -0.25) is 0 Å². The third-order valence-electron chi connectivity index (χ3n) is 3.29. The Kier molecular flexibility index (Phi) is 4.89. The minimum Gasteiger partial charge on any atom is -0.486 e. The predicted octanol–water partition coefficient (Wildman–Crippen LogP) is 2.91. The number of hydrogen-bond donors (Lipinski definition) is 1. The topological polar surface area (TPSA) is 53.7 Å². The van der Waals surface area contributed by atoms with Crippen LogP contribution in [0.4, 0.5) is 0 Å². The maximum absolute atomic E-state index is 6.16. The van der Waals surface area contributed by atoms with Gasteiger partial charge in [0.1, 0.15) is 13.2 Å². The van der Waals surface area contributed by atoms with Crippen LogP contribution in [-0.4, -0.2) is 26.4 Å². The first-order valence-corrected chi connectivity index (χ1v) is 7.18. The first kappa shape index (κ1) is 15.1. The molecular formula is C16H25NO3. The van der Waals surface area contributed by atoms with Gasteiger partial charge in [0.25, 0.3) is 0 Å². The molecule has 1 aliphatic heterocycles. The molecule has 4 heteroatoms. The van der Waals surface area contributed by atoms with Crippen LogP contribution >= 0.6 is 0 Å². The highest BCUT2D eigenvalue weighted by Gasteiger charge is 2.15. The molecule has 0 spiro atoms. The molecule has 0 aliphatic carbocycles. The van der Waals surface area contributed by atoms with Crippen LogP contribution in [0.1, 0.15) is 38.8 Å². The molecule has 1 heterocycles. The Morgan fingerprint density at radius 1 is 1.20 bits per heavy atom. The van der Waals surface area contributed by atoms with Gasteiger partial charge in [-0.25, -0.2) is 0 Å². The number of fused-ring (bicyclic) bond motifs is 1. The second kappa shape index (κ2) is 6.46. The van der Waals surface area contributed by atoms with Crippen molar-refractivity contribution in [1.82, 2.24) is 0 Å². The highest BCUT2D eigenvalue weighted by molar-refractivity contribution is 5.44. The molecule has 0 saturated carbocycles. The van der Waals surface area contributed by atoms with Crippen molar-refractivity contribution in [2.45, 2.75) is 33.2 Å². The number of rotatable bonds is 5. The number of nitrogens with two attached hydrogens (primary N) is 1.